The van der Waals surface area contributed by atoms with Gasteiger partial charge in [0, 0.05) is 13.0 Å². The van der Waals surface area contributed by atoms with Crippen molar-refractivity contribution in [2.24, 2.45) is 11.3 Å². The Morgan fingerprint density at radius 2 is 2.29 bits per heavy atom. The van der Waals surface area contributed by atoms with Crippen molar-refractivity contribution < 1.29 is 4.42 Å². The molecule has 2 fully saturated rings. The molecule has 1 atom stereocenters. The highest BCUT2D eigenvalue weighted by molar-refractivity contribution is 5.05. The molecule has 2 aliphatic rings. The highest BCUT2D eigenvalue weighted by Crippen LogP contribution is 2.58. The van der Waals surface area contributed by atoms with Crippen LogP contribution >= 0.6 is 0 Å². The van der Waals surface area contributed by atoms with Crippen LogP contribution in [-0.4, -0.2) is 26.2 Å². The van der Waals surface area contributed by atoms with Crippen LogP contribution in [0.2, 0.25) is 0 Å². The Kier molecular flexibility index (Phi) is 3.21. The van der Waals surface area contributed by atoms with Gasteiger partial charge in [-0.2, -0.15) is 0 Å². The van der Waals surface area contributed by atoms with Crippen molar-refractivity contribution in [2.75, 3.05) is 26.2 Å². The molecule has 3 nitrogen and oxygen atoms in total. The van der Waals surface area contributed by atoms with Crippen molar-refractivity contribution >= 4 is 0 Å². The molecule has 1 spiro atoms. The molecule has 2 heterocycles. The van der Waals surface area contributed by atoms with E-state index in [0.29, 0.717) is 5.41 Å². The smallest absolute Gasteiger partial charge is 0.105 e. The number of rotatable bonds is 5. The molecule has 94 valence electrons. The molecule has 1 unspecified atom stereocenters. The maximum absolute atomic E-state index is 5.32. The summed E-state index contributed by atoms with van der Waals surface area (Å²) in [7, 11) is 0. The lowest BCUT2D eigenvalue weighted by atomic mass is 9.92. The summed E-state index contributed by atoms with van der Waals surface area (Å²) in [4.78, 5) is 0. The van der Waals surface area contributed by atoms with Gasteiger partial charge in [-0.05, 0) is 62.4 Å². The van der Waals surface area contributed by atoms with Crippen LogP contribution in [0, 0.1) is 11.3 Å². The maximum Gasteiger partial charge on any atom is 0.105 e. The first-order valence-electron chi connectivity index (χ1n) is 6.83. The minimum absolute atomic E-state index is 0.711. The van der Waals surface area contributed by atoms with E-state index in [4.69, 9.17) is 4.42 Å². The number of hydrogen-bond acceptors (Lipinski definition) is 3. The van der Waals surface area contributed by atoms with Crippen molar-refractivity contribution in [3.05, 3.63) is 24.2 Å². The normalized spacial score (nSPS) is 26.2. The average molecular weight is 234 g/mol. The third-order valence-electron chi connectivity index (χ3n) is 4.48. The summed E-state index contributed by atoms with van der Waals surface area (Å²) in [5.74, 6) is 2.02. The molecular formula is C14H22N2O. The second kappa shape index (κ2) is 4.83. The van der Waals surface area contributed by atoms with Gasteiger partial charge in [-0.3, -0.25) is 0 Å². The average Bonchev–Trinajstić information content (AvgIpc) is 2.80. The van der Waals surface area contributed by atoms with E-state index in [1.165, 1.54) is 38.9 Å². The fourth-order valence-electron chi connectivity index (χ4n) is 3.20. The first-order chi connectivity index (χ1) is 8.39. The van der Waals surface area contributed by atoms with E-state index in [0.717, 1.165) is 24.6 Å². The Bertz CT molecular complexity index is 341. The van der Waals surface area contributed by atoms with Gasteiger partial charge in [-0.25, -0.2) is 0 Å². The molecule has 1 aliphatic carbocycles. The van der Waals surface area contributed by atoms with Crippen LogP contribution in [0.1, 0.15) is 25.0 Å². The zero-order chi connectivity index (χ0) is 11.6. The molecule has 1 saturated carbocycles. The van der Waals surface area contributed by atoms with Crippen molar-refractivity contribution in [1.82, 2.24) is 10.6 Å². The van der Waals surface area contributed by atoms with Gasteiger partial charge in [-0.1, -0.05) is 0 Å². The Morgan fingerprint density at radius 3 is 3.06 bits per heavy atom. The molecule has 3 heteroatoms. The SMILES string of the molecule is c1coc(CCNCC2CC23CCNCC3)c1. The van der Waals surface area contributed by atoms with Crippen LogP contribution in [0.15, 0.2) is 22.8 Å². The summed E-state index contributed by atoms with van der Waals surface area (Å²) in [6.45, 7) is 4.69. The second-order valence-electron chi connectivity index (χ2n) is 5.55. The van der Waals surface area contributed by atoms with Gasteiger partial charge in [-0.15, -0.1) is 0 Å². The van der Waals surface area contributed by atoms with Crippen molar-refractivity contribution in [2.45, 2.75) is 25.7 Å². The Balaban J connectivity index is 1.33. The molecule has 3 rings (SSSR count). The minimum Gasteiger partial charge on any atom is -0.469 e. The quantitative estimate of drug-likeness (QED) is 0.763. The zero-order valence-corrected chi connectivity index (χ0v) is 10.4. The van der Waals surface area contributed by atoms with E-state index in [9.17, 15) is 0 Å². The molecule has 1 aromatic heterocycles. The molecule has 2 N–H and O–H groups in total. The van der Waals surface area contributed by atoms with E-state index in [1.54, 1.807) is 6.26 Å². The first-order valence-corrected chi connectivity index (χ1v) is 6.83. The Hall–Kier alpha value is -0.800. The van der Waals surface area contributed by atoms with Gasteiger partial charge >= 0.3 is 0 Å². The summed E-state index contributed by atoms with van der Waals surface area (Å²) >= 11 is 0. The summed E-state index contributed by atoms with van der Waals surface area (Å²) in [5, 5.41) is 7.03. The van der Waals surface area contributed by atoms with Crippen LogP contribution < -0.4 is 10.6 Å². The van der Waals surface area contributed by atoms with E-state index in [2.05, 4.69) is 10.6 Å². The predicted molar refractivity (Wildman–Crippen MR) is 67.9 cm³/mol. The molecule has 1 aromatic rings. The van der Waals surface area contributed by atoms with Gasteiger partial charge in [0.05, 0.1) is 6.26 Å². The summed E-state index contributed by atoms with van der Waals surface area (Å²) < 4.78 is 5.32. The van der Waals surface area contributed by atoms with E-state index in [-0.39, 0.29) is 0 Å². The third kappa shape index (κ3) is 2.55. The van der Waals surface area contributed by atoms with Crippen LogP contribution in [0.3, 0.4) is 0 Å². The molecular weight excluding hydrogens is 212 g/mol. The fraction of sp³-hybridized carbons (Fsp3) is 0.714. The Labute approximate surface area is 103 Å². The van der Waals surface area contributed by atoms with Crippen LogP contribution in [0.25, 0.3) is 0 Å². The van der Waals surface area contributed by atoms with E-state index in [1.807, 2.05) is 12.1 Å². The lowest BCUT2D eigenvalue weighted by molar-refractivity contribution is 0.319. The monoisotopic (exact) mass is 234 g/mol. The standard InChI is InChI=1S/C14H22N2O/c1-2-13(17-9-1)3-6-16-11-12-10-14(12)4-7-15-8-5-14/h1-2,9,12,15-16H,3-8,10-11H2. The van der Waals surface area contributed by atoms with Gasteiger partial charge in [0.25, 0.3) is 0 Å². The minimum atomic E-state index is 0.711. The van der Waals surface area contributed by atoms with Crippen LogP contribution in [-0.2, 0) is 6.42 Å². The molecule has 17 heavy (non-hydrogen) atoms. The lowest BCUT2D eigenvalue weighted by Gasteiger charge is -2.23. The molecule has 1 saturated heterocycles. The molecule has 0 aromatic carbocycles. The molecule has 0 radical (unpaired) electrons. The predicted octanol–water partition coefficient (Wildman–Crippen LogP) is 1.80. The highest BCUT2D eigenvalue weighted by atomic mass is 16.3. The molecule has 1 aliphatic heterocycles. The summed E-state index contributed by atoms with van der Waals surface area (Å²) in [5.41, 5.74) is 0.711. The van der Waals surface area contributed by atoms with Crippen LogP contribution in [0.5, 0.6) is 0 Å². The summed E-state index contributed by atoms with van der Waals surface area (Å²) in [6, 6.07) is 4.01. The number of nitrogens with one attached hydrogen (secondary N) is 2. The highest BCUT2D eigenvalue weighted by Gasteiger charge is 2.52. The molecule has 0 bridgehead atoms. The van der Waals surface area contributed by atoms with Gasteiger partial charge in [0.2, 0.25) is 0 Å². The van der Waals surface area contributed by atoms with Crippen LogP contribution in [0.4, 0.5) is 0 Å². The maximum atomic E-state index is 5.32. The number of piperidine rings is 1. The van der Waals surface area contributed by atoms with Crippen molar-refractivity contribution in [3.8, 4) is 0 Å². The van der Waals surface area contributed by atoms with Gasteiger partial charge < -0.3 is 15.1 Å². The van der Waals surface area contributed by atoms with Gasteiger partial charge in [0.15, 0.2) is 0 Å². The van der Waals surface area contributed by atoms with E-state index < -0.39 is 0 Å². The lowest BCUT2D eigenvalue weighted by Crippen LogP contribution is -2.31. The topological polar surface area (TPSA) is 37.2 Å². The summed E-state index contributed by atoms with van der Waals surface area (Å²) in [6.07, 6.45) is 6.98. The third-order valence-corrected chi connectivity index (χ3v) is 4.48. The van der Waals surface area contributed by atoms with Crippen molar-refractivity contribution in [3.63, 3.8) is 0 Å². The second-order valence-corrected chi connectivity index (χ2v) is 5.55. The number of hydrogen-bond donors (Lipinski definition) is 2. The zero-order valence-electron chi connectivity index (χ0n) is 10.4. The first kappa shape index (κ1) is 11.3. The largest absolute Gasteiger partial charge is 0.469 e. The Morgan fingerprint density at radius 1 is 1.41 bits per heavy atom. The van der Waals surface area contributed by atoms with E-state index >= 15 is 0 Å². The number of furan rings is 1. The molecule has 0 amide bonds. The van der Waals surface area contributed by atoms with Crippen molar-refractivity contribution in [1.29, 1.82) is 0 Å². The van der Waals surface area contributed by atoms with Gasteiger partial charge in [0.1, 0.15) is 5.76 Å². The fourth-order valence-corrected chi connectivity index (χ4v) is 3.20.